The van der Waals surface area contributed by atoms with Crippen LogP contribution in [0.1, 0.15) is 28.8 Å². The Labute approximate surface area is 152 Å². The Morgan fingerprint density at radius 1 is 1.16 bits per heavy atom. The third kappa shape index (κ3) is 3.48. The van der Waals surface area contributed by atoms with Crippen molar-refractivity contribution < 1.29 is 4.79 Å². The van der Waals surface area contributed by atoms with Crippen molar-refractivity contribution >= 4 is 28.3 Å². The molecule has 0 aliphatic carbocycles. The second-order valence-corrected chi connectivity index (χ2v) is 7.24. The molecule has 128 valence electrons. The number of Topliss-reactive ketones (excluding diaryl/α,β-unsaturated/α-hetero) is 1. The first kappa shape index (κ1) is 16.4. The number of carbonyl (C=O) groups is 1. The Bertz CT molecular complexity index is 884. The first-order chi connectivity index (χ1) is 12.2. The summed E-state index contributed by atoms with van der Waals surface area (Å²) in [6.07, 6.45) is 4.12. The molecule has 1 fully saturated rings. The van der Waals surface area contributed by atoms with Gasteiger partial charge in [-0.3, -0.25) is 9.69 Å². The number of halogens is 1. The Morgan fingerprint density at radius 3 is 2.80 bits per heavy atom. The Morgan fingerprint density at radius 2 is 1.96 bits per heavy atom. The smallest absolute Gasteiger partial charge is 0.167 e. The van der Waals surface area contributed by atoms with Gasteiger partial charge < -0.3 is 4.98 Å². The molecule has 0 bridgehead atoms. The maximum atomic E-state index is 12.8. The molecule has 25 heavy (non-hydrogen) atoms. The van der Waals surface area contributed by atoms with Crippen LogP contribution in [0.5, 0.6) is 0 Å². The predicted molar refractivity (Wildman–Crippen MR) is 102 cm³/mol. The van der Waals surface area contributed by atoms with Gasteiger partial charge in [-0.25, -0.2) is 0 Å². The van der Waals surface area contributed by atoms with Crippen LogP contribution in [0, 0.1) is 5.92 Å². The zero-order valence-electron chi connectivity index (χ0n) is 14.0. The van der Waals surface area contributed by atoms with E-state index in [1.54, 1.807) is 12.1 Å². The van der Waals surface area contributed by atoms with Crippen LogP contribution in [0.15, 0.2) is 54.7 Å². The zero-order valence-corrected chi connectivity index (χ0v) is 14.8. The van der Waals surface area contributed by atoms with E-state index in [0.717, 1.165) is 38.0 Å². The molecule has 1 aliphatic heterocycles. The molecular weight excluding hydrogens is 332 g/mol. The van der Waals surface area contributed by atoms with Gasteiger partial charge in [-0.05, 0) is 55.3 Å². The van der Waals surface area contributed by atoms with Crippen molar-refractivity contribution in [3.63, 3.8) is 0 Å². The van der Waals surface area contributed by atoms with E-state index < -0.39 is 0 Å². The lowest BCUT2D eigenvalue weighted by molar-refractivity contribution is 0.0812. The Kier molecular flexibility index (Phi) is 4.60. The first-order valence-corrected chi connectivity index (χ1v) is 9.15. The highest BCUT2D eigenvalue weighted by molar-refractivity contribution is 6.30. The number of ketones is 1. The number of hydrogen-bond donors (Lipinski definition) is 1. The first-order valence-electron chi connectivity index (χ1n) is 8.78. The maximum absolute atomic E-state index is 12.8. The van der Waals surface area contributed by atoms with E-state index >= 15 is 0 Å². The number of aromatic amines is 1. The quantitative estimate of drug-likeness (QED) is 0.677. The van der Waals surface area contributed by atoms with Crippen molar-refractivity contribution in [1.29, 1.82) is 0 Å². The number of rotatable bonds is 4. The van der Waals surface area contributed by atoms with Gasteiger partial charge >= 0.3 is 0 Å². The summed E-state index contributed by atoms with van der Waals surface area (Å²) in [7, 11) is 0. The molecule has 3 nitrogen and oxygen atoms in total. The number of nitrogens with zero attached hydrogens (tertiary/aromatic N) is 1. The van der Waals surface area contributed by atoms with Crippen molar-refractivity contribution in [3.05, 3.63) is 70.9 Å². The van der Waals surface area contributed by atoms with Gasteiger partial charge in [-0.2, -0.15) is 0 Å². The standard InChI is InChI=1S/C21H21ClN2O/c22-18-9-7-15(8-10-18)21(25)16-4-3-11-24(13-16)14-17-12-23-20-6-2-1-5-19(17)20/h1-2,5-10,12,16,23H,3-4,11,13-14H2. The van der Waals surface area contributed by atoms with Crippen molar-refractivity contribution in [2.24, 2.45) is 5.92 Å². The highest BCUT2D eigenvalue weighted by atomic mass is 35.5. The molecule has 2 heterocycles. The molecule has 1 unspecified atom stereocenters. The van der Waals surface area contributed by atoms with E-state index in [2.05, 4.69) is 34.3 Å². The highest BCUT2D eigenvalue weighted by Crippen LogP contribution is 2.25. The summed E-state index contributed by atoms with van der Waals surface area (Å²) in [6.45, 7) is 2.75. The SMILES string of the molecule is O=C(c1ccc(Cl)cc1)C1CCCN(Cc2c[nH]c3ccccc23)C1. The van der Waals surface area contributed by atoms with Crippen LogP contribution < -0.4 is 0 Å². The lowest BCUT2D eigenvalue weighted by atomic mass is 9.90. The lowest BCUT2D eigenvalue weighted by Crippen LogP contribution is -2.38. The van der Waals surface area contributed by atoms with Gasteiger partial charge in [0, 0.05) is 46.7 Å². The van der Waals surface area contributed by atoms with Crippen LogP contribution >= 0.6 is 11.6 Å². The summed E-state index contributed by atoms with van der Waals surface area (Å²) in [5.74, 6) is 0.306. The number of fused-ring (bicyclic) bond motifs is 1. The maximum Gasteiger partial charge on any atom is 0.167 e. The van der Waals surface area contributed by atoms with Gasteiger partial charge in [0.25, 0.3) is 0 Å². The number of likely N-dealkylation sites (tertiary alicyclic amines) is 1. The summed E-state index contributed by atoms with van der Waals surface area (Å²) in [5.41, 5.74) is 3.24. The zero-order chi connectivity index (χ0) is 17.2. The fourth-order valence-corrected chi connectivity index (χ4v) is 3.89. The molecule has 0 radical (unpaired) electrons. The molecule has 1 aromatic heterocycles. The molecule has 3 aromatic rings. The lowest BCUT2D eigenvalue weighted by Gasteiger charge is -2.31. The predicted octanol–water partition coefficient (Wildman–Crippen LogP) is 4.92. The fourth-order valence-electron chi connectivity index (χ4n) is 3.77. The van der Waals surface area contributed by atoms with Gasteiger partial charge in [0.1, 0.15) is 0 Å². The minimum atomic E-state index is 0.0696. The molecule has 0 saturated carbocycles. The summed E-state index contributed by atoms with van der Waals surface area (Å²) >= 11 is 5.93. The average Bonchev–Trinajstić information content (AvgIpc) is 3.05. The number of carbonyl (C=O) groups excluding carboxylic acids is 1. The molecule has 4 heteroatoms. The minimum absolute atomic E-state index is 0.0696. The van der Waals surface area contributed by atoms with Gasteiger partial charge in [-0.1, -0.05) is 29.8 Å². The molecule has 1 N–H and O–H groups in total. The van der Waals surface area contributed by atoms with Gasteiger partial charge in [0.15, 0.2) is 5.78 Å². The number of hydrogen-bond acceptors (Lipinski definition) is 2. The van der Waals surface area contributed by atoms with E-state index in [1.807, 2.05) is 18.2 Å². The molecule has 1 atom stereocenters. The number of piperidine rings is 1. The van der Waals surface area contributed by atoms with Crippen LogP contribution in [0.2, 0.25) is 5.02 Å². The average molecular weight is 353 g/mol. The monoisotopic (exact) mass is 352 g/mol. The van der Waals surface area contributed by atoms with Crippen LogP contribution in [-0.2, 0) is 6.54 Å². The minimum Gasteiger partial charge on any atom is -0.361 e. The summed E-state index contributed by atoms with van der Waals surface area (Å²) in [4.78, 5) is 18.5. The van der Waals surface area contributed by atoms with Crippen LogP contribution in [0.3, 0.4) is 0 Å². The van der Waals surface area contributed by atoms with Crippen LogP contribution in [0.25, 0.3) is 10.9 Å². The molecule has 1 aliphatic rings. The highest BCUT2D eigenvalue weighted by Gasteiger charge is 2.26. The van der Waals surface area contributed by atoms with Crippen molar-refractivity contribution in [1.82, 2.24) is 9.88 Å². The number of H-pyrrole nitrogens is 1. The van der Waals surface area contributed by atoms with Crippen LogP contribution in [0.4, 0.5) is 0 Å². The second kappa shape index (κ2) is 7.03. The van der Waals surface area contributed by atoms with Crippen molar-refractivity contribution in [2.75, 3.05) is 13.1 Å². The fraction of sp³-hybridized carbons (Fsp3) is 0.286. The normalized spacial score (nSPS) is 18.5. The summed E-state index contributed by atoms with van der Waals surface area (Å²) in [6, 6.07) is 15.6. The van der Waals surface area contributed by atoms with E-state index in [9.17, 15) is 4.79 Å². The second-order valence-electron chi connectivity index (χ2n) is 6.80. The number of benzene rings is 2. The third-order valence-electron chi connectivity index (χ3n) is 5.07. The van der Waals surface area contributed by atoms with Gasteiger partial charge in [0.05, 0.1) is 0 Å². The third-order valence-corrected chi connectivity index (χ3v) is 5.33. The van der Waals surface area contributed by atoms with E-state index in [-0.39, 0.29) is 11.7 Å². The Hall–Kier alpha value is -2.10. The number of nitrogens with one attached hydrogen (secondary N) is 1. The molecular formula is C21H21ClN2O. The molecule has 0 amide bonds. The van der Waals surface area contributed by atoms with Crippen LogP contribution in [-0.4, -0.2) is 28.8 Å². The number of aromatic nitrogens is 1. The van der Waals surface area contributed by atoms with E-state index in [1.165, 1.54) is 16.5 Å². The molecule has 1 saturated heterocycles. The van der Waals surface area contributed by atoms with Gasteiger partial charge in [0.2, 0.25) is 0 Å². The van der Waals surface area contributed by atoms with Crippen molar-refractivity contribution in [3.8, 4) is 0 Å². The molecule has 2 aromatic carbocycles. The molecule has 4 rings (SSSR count). The Balaban J connectivity index is 1.47. The largest absolute Gasteiger partial charge is 0.361 e. The summed E-state index contributed by atoms with van der Waals surface area (Å²) in [5, 5.41) is 1.94. The van der Waals surface area contributed by atoms with E-state index in [0.29, 0.717) is 5.02 Å². The molecule has 0 spiro atoms. The van der Waals surface area contributed by atoms with Gasteiger partial charge in [-0.15, -0.1) is 0 Å². The number of para-hydroxylation sites is 1. The van der Waals surface area contributed by atoms with E-state index in [4.69, 9.17) is 11.6 Å². The van der Waals surface area contributed by atoms with Crippen molar-refractivity contribution in [2.45, 2.75) is 19.4 Å². The summed E-state index contributed by atoms with van der Waals surface area (Å²) < 4.78 is 0. The topological polar surface area (TPSA) is 36.1 Å².